The molecule has 8 aliphatic carbocycles. The fraction of sp³-hybridized carbons (Fsp3) is 0.316. The molecule has 0 radical (unpaired) electrons. The first-order valence-corrected chi connectivity index (χ1v) is 31.1. The monoisotopic (exact) mass is 1090 g/mol. The molecule has 6 bridgehead atoms. The Morgan fingerprint density at radius 3 is 1.58 bits per heavy atom. The minimum Gasteiger partial charge on any atom is -0.457 e. The molecule has 4 fully saturated rings. The molecule has 8 heteroatoms. The van der Waals surface area contributed by atoms with Gasteiger partial charge in [0, 0.05) is 86.7 Å². The van der Waals surface area contributed by atoms with Crippen LogP contribution in [0.15, 0.2) is 93.8 Å². The number of furan rings is 2. The third-order valence-electron chi connectivity index (χ3n) is 24.3. The molecular weight excluding hydrogens is 1030 g/mol. The van der Waals surface area contributed by atoms with Crippen LogP contribution in [0.5, 0.6) is 0 Å². The first-order chi connectivity index (χ1) is 40.8. The van der Waals surface area contributed by atoms with Gasteiger partial charge in [-0.3, -0.25) is 9.59 Å². The van der Waals surface area contributed by atoms with Crippen molar-refractivity contribution in [2.45, 2.75) is 116 Å². The number of ketones is 2. The highest BCUT2D eigenvalue weighted by Crippen LogP contribution is 2.68. The summed E-state index contributed by atoms with van der Waals surface area (Å²) in [4.78, 5) is 34.9. The van der Waals surface area contributed by atoms with Gasteiger partial charge in [-0.25, -0.2) is 4.85 Å². The van der Waals surface area contributed by atoms with E-state index in [2.05, 4.69) is 95.9 Å². The van der Waals surface area contributed by atoms with E-state index in [4.69, 9.17) is 15.4 Å². The highest BCUT2D eigenvalue weighted by atomic mass is 16.3. The minimum absolute atomic E-state index is 0.286. The van der Waals surface area contributed by atoms with Crippen LogP contribution in [0, 0.1) is 52.4 Å². The number of benzene rings is 8. The quantitative estimate of drug-likeness (QED) is 0.153. The van der Waals surface area contributed by atoms with Gasteiger partial charge >= 0.3 is 0 Å². The maximum atomic E-state index is 15.3. The lowest BCUT2D eigenvalue weighted by molar-refractivity contribution is 0.0855. The molecule has 22 rings (SSSR count). The Morgan fingerprint density at radius 1 is 0.524 bits per heavy atom. The Bertz CT molecular complexity index is 5770. The van der Waals surface area contributed by atoms with Crippen LogP contribution in [0.1, 0.15) is 162 Å². The van der Waals surface area contributed by atoms with Crippen molar-refractivity contribution in [1.82, 2.24) is 8.80 Å². The summed E-state index contributed by atoms with van der Waals surface area (Å²) in [6.45, 7) is 17.4. The predicted molar refractivity (Wildman–Crippen MR) is 332 cm³/mol. The number of Topliss-reactive ketones (excluding diaryl/α,β-unsaturated/α-hetero) is 2. The second-order valence-electron chi connectivity index (χ2n) is 29.3. The van der Waals surface area contributed by atoms with Crippen molar-refractivity contribution in [3.05, 3.63) is 146 Å². The van der Waals surface area contributed by atoms with Gasteiger partial charge in [0.15, 0.2) is 11.6 Å². The van der Waals surface area contributed by atoms with Crippen LogP contribution < -0.4 is 0 Å². The Balaban J connectivity index is 0.960. The van der Waals surface area contributed by atoms with Crippen LogP contribution >= 0.6 is 0 Å². The van der Waals surface area contributed by atoms with Gasteiger partial charge in [0.2, 0.25) is 5.69 Å². The molecule has 6 heterocycles. The standard InChI is InChI=1S/C76H54N4O4/c1-75(2)28-48-65(73(75)81)57-38-17-32-14-35(21-38)42(18-32)61(57)64-47-25-34(22-44-59-51(79(68(44)47)70(48)64)26-39(30-77)55-40-10-6-8-12-53(40)83-71(55)59)33-23-45-60-52(27-50(78-5)58-41-11-7-9-13-54(41)84-72(58)60)80-67(45)46(24-33)63-56-37-16-31-15-36(20-37)43(19-31)62(56)66-49(69(63)80)29-76(3,4)74(66)82/h6-13,22-27,31-32,35-38,42-43H,14-21,28-29H2,1-4H3. The summed E-state index contributed by atoms with van der Waals surface area (Å²) >= 11 is 0. The molecule has 0 aliphatic heterocycles. The normalized spacial score (nSPS) is 25.8. The average molecular weight is 1090 g/mol. The summed E-state index contributed by atoms with van der Waals surface area (Å²) in [6.07, 6.45) is 10.9. The number of carbonyl (C=O) groups excluding carboxylic acids is 2. The zero-order valence-corrected chi connectivity index (χ0v) is 47.2. The van der Waals surface area contributed by atoms with E-state index in [0.717, 1.165) is 134 Å². The molecule has 8 nitrogen and oxygen atoms in total. The SMILES string of the molecule is [C-]#[N+]c1cc2c(c3cc(-c4cc5c6c7c(c8c(c6n6c9cc(C#N)c%10c%11ccccc%11oc%10c9c(c4)c56)CC(C)(C)C8=O)C4CC5CC(C4)C7C5)cc4c5c6c(c7c(c5n2c43)CC(C)(C)C7=O)C2CC3CC6CC2C3)c2oc3ccccc3c12. The Kier molecular flexibility index (Phi) is 7.43. The molecular formula is C76H54N4O4. The number of carbonyl (C=O) groups is 2. The Labute approximate surface area is 481 Å². The second kappa shape index (κ2) is 13.9. The van der Waals surface area contributed by atoms with E-state index >= 15 is 9.59 Å². The molecule has 8 aliphatic rings. The predicted octanol–water partition coefficient (Wildman–Crippen LogP) is 19.4. The van der Waals surface area contributed by atoms with Gasteiger partial charge in [-0.15, -0.1) is 0 Å². The molecule has 0 amide bonds. The number of fused-ring (bicyclic) bond motifs is 38. The molecule has 8 unspecified atom stereocenters. The molecule has 0 N–H and O–H groups in total. The van der Waals surface area contributed by atoms with Crippen molar-refractivity contribution in [2.75, 3.05) is 0 Å². The van der Waals surface area contributed by atoms with Gasteiger partial charge < -0.3 is 17.6 Å². The average Bonchev–Trinajstić information content (AvgIpc) is 1.51. The van der Waals surface area contributed by atoms with Gasteiger partial charge in [0.1, 0.15) is 22.3 Å². The lowest BCUT2D eigenvalue weighted by Crippen LogP contribution is -2.26. The van der Waals surface area contributed by atoms with E-state index in [9.17, 15) is 5.26 Å². The molecule has 0 spiro atoms. The summed E-state index contributed by atoms with van der Waals surface area (Å²) in [7, 11) is 0. The summed E-state index contributed by atoms with van der Waals surface area (Å²) in [5, 5.41) is 24.0. The summed E-state index contributed by atoms with van der Waals surface area (Å²) in [6, 6.07) is 33.1. The van der Waals surface area contributed by atoms with Crippen molar-refractivity contribution in [3.8, 4) is 17.2 Å². The highest BCUT2D eigenvalue weighted by molar-refractivity contribution is 6.36. The van der Waals surface area contributed by atoms with Crippen LogP contribution in [0.4, 0.5) is 5.69 Å². The van der Waals surface area contributed by atoms with Crippen LogP contribution in [-0.4, -0.2) is 20.4 Å². The molecule has 6 aromatic heterocycles. The smallest absolute Gasteiger partial charge is 0.200 e. The van der Waals surface area contributed by atoms with Crippen LogP contribution in [-0.2, 0) is 12.8 Å². The number of nitrogens with zero attached hydrogens (tertiary/aromatic N) is 4. The highest BCUT2D eigenvalue weighted by Gasteiger charge is 2.55. The molecule has 84 heavy (non-hydrogen) atoms. The zero-order valence-electron chi connectivity index (χ0n) is 47.2. The van der Waals surface area contributed by atoms with Crippen LogP contribution in [0.25, 0.3) is 136 Å². The number of para-hydroxylation sites is 2. The topological polar surface area (TPSA) is 97.4 Å². The summed E-state index contributed by atoms with van der Waals surface area (Å²) < 4.78 is 19.1. The lowest BCUT2D eigenvalue weighted by atomic mass is 9.66. The van der Waals surface area contributed by atoms with E-state index in [-0.39, 0.29) is 5.78 Å². The molecule has 8 atom stereocenters. The van der Waals surface area contributed by atoms with Gasteiger partial charge in [-0.1, -0.05) is 64.1 Å². The van der Waals surface area contributed by atoms with E-state index in [1.165, 1.54) is 93.5 Å². The van der Waals surface area contributed by atoms with Gasteiger partial charge in [0.25, 0.3) is 0 Å². The first-order valence-electron chi connectivity index (χ1n) is 31.1. The first kappa shape index (κ1) is 44.8. The molecule has 8 aromatic carbocycles. The third kappa shape index (κ3) is 4.77. The summed E-state index contributed by atoms with van der Waals surface area (Å²) in [5.74, 6) is 4.65. The van der Waals surface area contributed by atoms with Crippen molar-refractivity contribution >= 4 is 137 Å². The number of rotatable bonds is 1. The molecule has 0 saturated heterocycles. The third-order valence-corrected chi connectivity index (χ3v) is 24.3. The van der Waals surface area contributed by atoms with Crippen molar-refractivity contribution in [1.29, 1.82) is 5.26 Å². The van der Waals surface area contributed by atoms with Gasteiger partial charge in [0.05, 0.1) is 51.2 Å². The van der Waals surface area contributed by atoms with E-state index in [1.807, 2.05) is 36.4 Å². The Hall–Kier alpha value is -8.72. The van der Waals surface area contributed by atoms with E-state index in [1.54, 1.807) is 0 Å². The lowest BCUT2D eigenvalue weighted by Gasteiger charge is -2.38. The molecule has 14 aromatic rings. The largest absolute Gasteiger partial charge is 0.457 e. The van der Waals surface area contributed by atoms with Crippen molar-refractivity contribution in [2.24, 2.45) is 34.5 Å². The molecule has 4 saturated carbocycles. The Morgan fingerprint density at radius 2 is 1.01 bits per heavy atom. The zero-order chi connectivity index (χ0) is 55.4. The van der Waals surface area contributed by atoms with E-state index in [0.29, 0.717) is 77.2 Å². The van der Waals surface area contributed by atoms with Crippen molar-refractivity contribution in [3.63, 3.8) is 0 Å². The van der Waals surface area contributed by atoms with Crippen molar-refractivity contribution < 1.29 is 18.4 Å². The van der Waals surface area contributed by atoms with Gasteiger partial charge in [-0.2, -0.15) is 5.26 Å². The second-order valence-corrected chi connectivity index (χ2v) is 29.3. The number of aromatic nitrogens is 2. The number of hydrogen-bond donors (Lipinski definition) is 0. The van der Waals surface area contributed by atoms with Crippen LogP contribution in [0.2, 0.25) is 0 Å². The molecule has 402 valence electrons. The minimum atomic E-state index is -0.554. The summed E-state index contributed by atoms with van der Waals surface area (Å²) in [5.41, 5.74) is 21.7. The number of hydrogen-bond acceptors (Lipinski definition) is 5. The number of nitriles is 1. The fourth-order valence-corrected chi connectivity index (χ4v) is 21.5. The van der Waals surface area contributed by atoms with E-state index < -0.39 is 10.8 Å². The maximum Gasteiger partial charge on any atom is 0.200 e. The maximum absolute atomic E-state index is 15.3. The fourth-order valence-electron chi connectivity index (χ4n) is 21.5. The van der Waals surface area contributed by atoms with Crippen LogP contribution in [0.3, 0.4) is 0 Å². The van der Waals surface area contributed by atoms with Gasteiger partial charge in [-0.05, 0) is 205 Å².